The van der Waals surface area contributed by atoms with Gasteiger partial charge in [-0.1, -0.05) is 30.0 Å². The molecule has 0 bridgehead atoms. The van der Waals surface area contributed by atoms with Crippen LogP contribution in [0.1, 0.15) is 26.3 Å². The third-order valence-corrected chi connectivity index (χ3v) is 4.87. The fourth-order valence-corrected chi connectivity index (χ4v) is 3.43. The second-order valence-electron chi connectivity index (χ2n) is 5.44. The van der Waals surface area contributed by atoms with Crippen LogP contribution in [0.3, 0.4) is 0 Å². The van der Waals surface area contributed by atoms with Gasteiger partial charge in [-0.05, 0) is 54.2 Å². The number of amides is 2. The van der Waals surface area contributed by atoms with Crippen LogP contribution in [0.4, 0.5) is 0 Å². The molecule has 9 heteroatoms. The SMILES string of the molecule is O=C(O)c1ccc(C=C2SC(=S)N(NC(=O)c3cccc(O)c3)C2=O)cc1. The number of hydrazine groups is 1. The summed E-state index contributed by atoms with van der Waals surface area (Å²) in [5.41, 5.74) is 3.35. The van der Waals surface area contributed by atoms with Gasteiger partial charge in [0.2, 0.25) is 0 Å². The van der Waals surface area contributed by atoms with E-state index in [-0.39, 0.29) is 21.2 Å². The highest BCUT2D eigenvalue weighted by atomic mass is 32.2. The Balaban J connectivity index is 1.76. The van der Waals surface area contributed by atoms with Crippen LogP contribution in [0.15, 0.2) is 53.4 Å². The Labute approximate surface area is 163 Å². The van der Waals surface area contributed by atoms with Crippen molar-refractivity contribution < 1.29 is 24.6 Å². The number of benzene rings is 2. The number of carbonyl (C=O) groups excluding carboxylic acids is 2. The normalized spacial score (nSPS) is 15.3. The first-order chi connectivity index (χ1) is 12.8. The molecule has 0 radical (unpaired) electrons. The van der Waals surface area contributed by atoms with Gasteiger partial charge in [-0.2, -0.15) is 5.01 Å². The summed E-state index contributed by atoms with van der Waals surface area (Å²) in [6.45, 7) is 0. The maximum Gasteiger partial charge on any atom is 0.335 e. The van der Waals surface area contributed by atoms with Crippen molar-refractivity contribution in [3.05, 3.63) is 70.1 Å². The molecule has 0 aliphatic carbocycles. The van der Waals surface area contributed by atoms with Crippen LogP contribution < -0.4 is 5.43 Å². The number of phenols is 1. The van der Waals surface area contributed by atoms with Gasteiger partial charge < -0.3 is 10.2 Å². The summed E-state index contributed by atoms with van der Waals surface area (Å²) in [4.78, 5) is 35.9. The maximum absolute atomic E-state index is 12.5. The number of rotatable bonds is 4. The summed E-state index contributed by atoms with van der Waals surface area (Å²) in [6.07, 6.45) is 1.56. The minimum Gasteiger partial charge on any atom is -0.508 e. The molecule has 27 heavy (non-hydrogen) atoms. The van der Waals surface area contributed by atoms with Crippen LogP contribution in [0, 0.1) is 0 Å². The topological polar surface area (TPSA) is 107 Å². The van der Waals surface area contributed by atoms with Crippen molar-refractivity contribution in [1.29, 1.82) is 0 Å². The third kappa shape index (κ3) is 4.15. The van der Waals surface area contributed by atoms with E-state index >= 15 is 0 Å². The van der Waals surface area contributed by atoms with Crippen molar-refractivity contribution in [2.24, 2.45) is 0 Å². The number of aromatic hydroxyl groups is 1. The number of hydrogen-bond acceptors (Lipinski definition) is 6. The molecule has 7 nitrogen and oxygen atoms in total. The lowest BCUT2D eigenvalue weighted by Gasteiger charge is -2.15. The van der Waals surface area contributed by atoms with Gasteiger partial charge in [0, 0.05) is 5.56 Å². The molecule has 1 saturated heterocycles. The lowest BCUT2D eigenvalue weighted by Crippen LogP contribution is -2.44. The summed E-state index contributed by atoms with van der Waals surface area (Å²) < 4.78 is 0.155. The summed E-state index contributed by atoms with van der Waals surface area (Å²) in [6, 6.07) is 11.7. The van der Waals surface area contributed by atoms with E-state index in [2.05, 4.69) is 5.43 Å². The standard InChI is InChI=1S/C18H12N2O5S2/c21-13-3-1-2-12(9-13)15(22)19-20-16(23)14(27-18(20)26)8-10-4-6-11(7-5-10)17(24)25/h1-9,21H,(H,19,22)(H,24,25). The number of nitrogens with zero attached hydrogens (tertiary/aromatic N) is 1. The summed E-state index contributed by atoms with van der Waals surface area (Å²) in [5.74, 6) is -2.20. The lowest BCUT2D eigenvalue weighted by molar-refractivity contribution is -0.123. The number of phenolic OH excluding ortho intramolecular Hbond substituents is 1. The van der Waals surface area contributed by atoms with Gasteiger partial charge in [-0.25, -0.2) is 4.79 Å². The zero-order valence-corrected chi connectivity index (χ0v) is 15.2. The number of carboxylic acid groups (broad SMARTS) is 1. The van der Waals surface area contributed by atoms with Crippen molar-refractivity contribution in [3.63, 3.8) is 0 Å². The average Bonchev–Trinajstić information content (AvgIpc) is 2.89. The van der Waals surface area contributed by atoms with Gasteiger partial charge >= 0.3 is 5.97 Å². The molecule has 2 amide bonds. The number of carboxylic acids is 1. The molecule has 1 fully saturated rings. The van der Waals surface area contributed by atoms with Crippen LogP contribution in [-0.2, 0) is 4.79 Å². The average molecular weight is 400 g/mol. The molecule has 0 unspecified atom stereocenters. The Morgan fingerprint density at radius 1 is 1.11 bits per heavy atom. The van der Waals surface area contributed by atoms with Gasteiger partial charge in [0.25, 0.3) is 11.8 Å². The zero-order valence-electron chi connectivity index (χ0n) is 13.6. The summed E-state index contributed by atoms with van der Waals surface area (Å²) in [7, 11) is 0. The van der Waals surface area contributed by atoms with E-state index in [0.29, 0.717) is 10.5 Å². The molecule has 2 aromatic carbocycles. The highest BCUT2D eigenvalue weighted by molar-refractivity contribution is 8.26. The highest BCUT2D eigenvalue weighted by Gasteiger charge is 2.33. The second-order valence-corrected chi connectivity index (χ2v) is 7.11. The van der Waals surface area contributed by atoms with E-state index in [1.165, 1.54) is 36.4 Å². The van der Waals surface area contributed by atoms with Gasteiger partial charge in [-0.15, -0.1) is 0 Å². The molecule has 3 rings (SSSR count). The molecular weight excluding hydrogens is 388 g/mol. The van der Waals surface area contributed by atoms with Crippen LogP contribution in [-0.4, -0.2) is 37.3 Å². The largest absolute Gasteiger partial charge is 0.508 e. The van der Waals surface area contributed by atoms with Gasteiger partial charge in [0.15, 0.2) is 4.32 Å². The number of nitrogens with one attached hydrogen (secondary N) is 1. The van der Waals surface area contributed by atoms with E-state index < -0.39 is 17.8 Å². The molecule has 0 saturated carbocycles. The Kier molecular flexibility index (Phi) is 5.24. The molecular formula is C18H12N2O5S2. The highest BCUT2D eigenvalue weighted by Crippen LogP contribution is 2.31. The van der Waals surface area contributed by atoms with E-state index in [1.807, 2.05) is 0 Å². The zero-order chi connectivity index (χ0) is 19.6. The maximum atomic E-state index is 12.5. The van der Waals surface area contributed by atoms with Crippen molar-refractivity contribution in [2.75, 3.05) is 0 Å². The Hall–Kier alpha value is -3.17. The molecule has 0 atom stereocenters. The minimum atomic E-state index is -1.04. The first-order valence-electron chi connectivity index (χ1n) is 7.56. The predicted molar refractivity (Wildman–Crippen MR) is 104 cm³/mol. The van der Waals surface area contributed by atoms with Crippen LogP contribution in [0.25, 0.3) is 6.08 Å². The van der Waals surface area contributed by atoms with Crippen molar-refractivity contribution in [2.45, 2.75) is 0 Å². The van der Waals surface area contributed by atoms with E-state index in [0.717, 1.165) is 16.8 Å². The number of hydrogen-bond donors (Lipinski definition) is 3. The van der Waals surface area contributed by atoms with Gasteiger partial charge in [0.1, 0.15) is 5.75 Å². The van der Waals surface area contributed by atoms with E-state index in [1.54, 1.807) is 18.2 Å². The first kappa shape index (κ1) is 18.6. The summed E-state index contributed by atoms with van der Waals surface area (Å²) >= 11 is 6.16. The third-order valence-electron chi connectivity index (χ3n) is 3.57. The van der Waals surface area contributed by atoms with Gasteiger partial charge in [-0.3, -0.25) is 15.0 Å². The minimum absolute atomic E-state index is 0.0715. The lowest BCUT2D eigenvalue weighted by atomic mass is 10.1. The van der Waals surface area contributed by atoms with Crippen molar-refractivity contribution in [1.82, 2.24) is 10.4 Å². The molecule has 1 heterocycles. The number of carbonyl (C=O) groups is 3. The molecule has 2 aromatic rings. The summed E-state index contributed by atoms with van der Waals surface area (Å²) in [5, 5.41) is 19.3. The quantitative estimate of drug-likeness (QED) is 0.535. The fourth-order valence-electron chi connectivity index (χ4n) is 2.25. The van der Waals surface area contributed by atoms with Crippen LogP contribution >= 0.6 is 24.0 Å². The van der Waals surface area contributed by atoms with Crippen LogP contribution in [0.2, 0.25) is 0 Å². The molecule has 0 aromatic heterocycles. The van der Waals surface area contributed by atoms with Gasteiger partial charge in [0.05, 0.1) is 10.5 Å². The molecule has 136 valence electrons. The molecule has 1 aliphatic rings. The number of thioether (sulfide) groups is 1. The monoisotopic (exact) mass is 400 g/mol. The van der Waals surface area contributed by atoms with Crippen molar-refractivity contribution in [3.8, 4) is 5.75 Å². The van der Waals surface area contributed by atoms with Crippen LogP contribution in [0.5, 0.6) is 5.75 Å². The fraction of sp³-hybridized carbons (Fsp3) is 0. The first-order valence-corrected chi connectivity index (χ1v) is 8.79. The number of thiocarbonyl (C=S) groups is 1. The Morgan fingerprint density at radius 3 is 2.44 bits per heavy atom. The smallest absolute Gasteiger partial charge is 0.335 e. The van der Waals surface area contributed by atoms with Crippen molar-refractivity contribution >= 4 is 52.2 Å². The molecule has 1 aliphatic heterocycles. The second kappa shape index (κ2) is 7.60. The molecule has 3 N–H and O–H groups in total. The molecule has 0 spiro atoms. The van der Waals surface area contributed by atoms with E-state index in [4.69, 9.17) is 17.3 Å². The Morgan fingerprint density at radius 2 is 1.81 bits per heavy atom. The predicted octanol–water partition coefficient (Wildman–Crippen LogP) is 2.64. The Bertz CT molecular complexity index is 986. The number of aromatic carboxylic acids is 1. The van der Waals surface area contributed by atoms with E-state index in [9.17, 15) is 19.5 Å².